The highest BCUT2D eigenvalue weighted by Crippen LogP contribution is 2.28. The van der Waals surface area contributed by atoms with Crippen LogP contribution in [-0.2, 0) is 10.0 Å². The van der Waals surface area contributed by atoms with Crippen molar-refractivity contribution in [2.45, 2.75) is 30.2 Å². The van der Waals surface area contributed by atoms with Crippen LogP contribution in [0.15, 0.2) is 47.4 Å². The first-order chi connectivity index (χ1) is 12.9. The second kappa shape index (κ2) is 9.65. The molecule has 1 saturated heterocycles. The van der Waals surface area contributed by atoms with E-state index in [1.165, 1.54) is 18.2 Å². The monoisotopic (exact) mass is 432 g/mol. The highest BCUT2D eigenvalue weighted by atomic mass is 35.5. The number of hydrogen-bond donors (Lipinski definition) is 2. The van der Waals surface area contributed by atoms with Crippen LogP contribution < -0.4 is 14.8 Å². The van der Waals surface area contributed by atoms with Crippen molar-refractivity contribution < 1.29 is 21.9 Å². The van der Waals surface area contributed by atoms with Crippen LogP contribution in [0.25, 0.3) is 0 Å². The van der Waals surface area contributed by atoms with Gasteiger partial charge in [-0.2, -0.15) is 0 Å². The fraction of sp³-hybridized carbons (Fsp3) is 0.368. The van der Waals surface area contributed by atoms with Crippen molar-refractivity contribution in [2.75, 3.05) is 19.7 Å². The fourth-order valence-electron chi connectivity index (χ4n) is 3.27. The summed E-state index contributed by atoms with van der Waals surface area (Å²) in [5.41, 5.74) is 0.579. The lowest BCUT2D eigenvalue weighted by atomic mass is 9.86. The van der Waals surface area contributed by atoms with Crippen LogP contribution in [-0.4, -0.2) is 34.2 Å². The summed E-state index contributed by atoms with van der Waals surface area (Å²) in [5, 5.41) is 3.15. The number of piperidine rings is 1. The largest absolute Gasteiger partial charge is 0.494 e. The van der Waals surface area contributed by atoms with E-state index < -0.39 is 27.7 Å². The quantitative estimate of drug-likeness (QED) is 0.735. The van der Waals surface area contributed by atoms with Crippen LogP contribution in [0, 0.1) is 11.6 Å². The Morgan fingerprint density at radius 2 is 1.86 bits per heavy atom. The van der Waals surface area contributed by atoms with Crippen molar-refractivity contribution in [1.29, 1.82) is 0 Å². The number of rotatable bonds is 6. The minimum absolute atomic E-state index is 0. The summed E-state index contributed by atoms with van der Waals surface area (Å²) in [5.74, 6) is -1.51. The molecule has 0 aromatic heterocycles. The molecule has 0 bridgehead atoms. The SMILES string of the molecule is CCOc1ccc(S(=O)(=O)NC2CNCCC2c2ccc(F)c(F)c2)cc1.Cl. The third kappa shape index (κ3) is 5.20. The molecule has 28 heavy (non-hydrogen) atoms. The first-order valence-corrected chi connectivity index (χ1v) is 10.3. The summed E-state index contributed by atoms with van der Waals surface area (Å²) < 4.78 is 60.4. The van der Waals surface area contributed by atoms with Gasteiger partial charge in [-0.15, -0.1) is 12.4 Å². The van der Waals surface area contributed by atoms with Crippen molar-refractivity contribution in [3.8, 4) is 5.75 Å². The van der Waals surface area contributed by atoms with Gasteiger partial charge in [0.05, 0.1) is 11.5 Å². The molecule has 9 heteroatoms. The molecule has 0 spiro atoms. The summed E-state index contributed by atoms with van der Waals surface area (Å²) in [6.45, 7) is 3.42. The predicted octanol–water partition coefficient (Wildman–Crippen LogP) is 3.21. The minimum Gasteiger partial charge on any atom is -0.494 e. The second-order valence-electron chi connectivity index (χ2n) is 6.41. The average molecular weight is 433 g/mol. The summed E-state index contributed by atoms with van der Waals surface area (Å²) in [6.07, 6.45) is 0.613. The number of benzene rings is 2. The van der Waals surface area contributed by atoms with Gasteiger partial charge in [0.1, 0.15) is 5.75 Å². The molecule has 0 saturated carbocycles. The van der Waals surface area contributed by atoms with E-state index in [0.717, 1.165) is 12.1 Å². The Morgan fingerprint density at radius 1 is 1.14 bits per heavy atom. The zero-order chi connectivity index (χ0) is 19.4. The molecule has 2 atom stereocenters. The van der Waals surface area contributed by atoms with Crippen molar-refractivity contribution in [1.82, 2.24) is 10.0 Å². The van der Waals surface area contributed by atoms with Gasteiger partial charge >= 0.3 is 0 Å². The zero-order valence-corrected chi connectivity index (χ0v) is 17.0. The van der Waals surface area contributed by atoms with Gasteiger partial charge in [-0.3, -0.25) is 0 Å². The van der Waals surface area contributed by atoms with E-state index in [4.69, 9.17) is 4.74 Å². The molecule has 1 aliphatic heterocycles. The van der Waals surface area contributed by atoms with Crippen LogP contribution in [0.1, 0.15) is 24.8 Å². The first kappa shape index (κ1) is 22.5. The smallest absolute Gasteiger partial charge is 0.240 e. The van der Waals surface area contributed by atoms with Gasteiger partial charge in [0, 0.05) is 18.5 Å². The molecule has 2 aromatic rings. The van der Waals surface area contributed by atoms with Gasteiger partial charge in [0.25, 0.3) is 0 Å². The third-order valence-electron chi connectivity index (χ3n) is 4.61. The van der Waals surface area contributed by atoms with Crippen molar-refractivity contribution in [3.05, 3.63) is 59.7 Å². The van der Waals surface area contributed by atoms with E-state index in [1.807, 2.05) is 6.92 Å². The molecule has 0 aliphatic carbocycles. The molecular formula is C19H23ClF2N2O3S. The molecule has 3 rings (SSSR count). The van der Waals surface area contributed by atoms with Gasteiger partial charge in [0.15, 0.2) is 11.6 Å². The molecule has 2 unspecified atom stereocenters. The van der Waals surface area contributed by atoms with Crippen molar-refractivity contribution in [3.63, 3.8) is 0 Å². The van der Waals surface area contributed by atoms with Gasteiger partial charge < -0.3 is 10.1 Å². The third-order valence-corrected chi connectivity index (χ3v) is 6.11. The fourth-order valence-corrected chi connectivity index (χ4v) is 4.55. The Morgan fingerprint density at radius 3 is 2.50 bits per heavy atom. The number of sulfonamides is 1. The minimum atomic E-state index is -3.76. The van der Waals surface area contributed by atoms with Crippen LogP contribution in [0.2, 0.25) is 0 Å². The molecule has 0 amide bonds. The summed E-state index contributed by atoms with van der Waals surface area (Å²) >= 11 is 0. The Labute approximate surface area is 169 Å². The second-order valence-corrected chi connectivity index (χ2v) is 8.12. The Balaban J connectivity index is 0.00000280. The molecule has 1 aliphatic rings. The lowest BCUT2D eigenvalue weighted by molar-refractivity contribution is 0.340. The molecular weight excluding hydrogens is 410 g/mol. The summed E-state index contributed by atoms with van der Waals surface area (Å²) in [7, 11) is -3.76. The highest BCUT2D eigenvalue weighted by Gasteiger charge is 2.31. The van der Waals surface area contributed by atoms with Gasteiger partial charge in [0.2, 0.25) is 10.0 Å². The molecule has 2 N–H and O–H groups in total. The van der Waals surface area contributed by atoms with Gasteiger partial charge in [-0.25, -0.2) is 21.9 Å². The van der Waals surface area contributed by atoms with Crippen molar-refractivity contribution >= 4 is 22.4 Å². The molecule has 154 valence electrons. The first-order valence-electron chi connectivity index (χ1n) is 8.81. The molecule has 1 fully saturated rings. The van der Waals surface area contributed by atoms with E-state index in [9.17, 15) is 17.2 Å². The maximum absolute atomic E-state index is 13.6. The number of nitrogens with one attached hydrogen (secondary N) is 2. The molecule has 0 radical (unpaired) electrons. The van der Waals surface area contributed by atoms with E-state index in [0.29, 0.717) is 37.4 Å². The molecule has 5 nitrogen and oxygen atoms in total. The standard InChI is InChI=1S/C19H22F2N2O3S.ClH/c1-2-26-14-4-6-15(7-5-14)27(24,25)23-19-12-22-10-9-16(19)13-3-8-17(20)18(21)11-13;/h3-8,11,16,19,22-23H,2,9-10,12H2,1H3;1H. The number of hydrogen-bond acceptors (Lipinski definition) is 4. The normalized spacial score (nSPS) is 19.7. The topological polar surface area (TPSA) is 67.4 Å². The predicted molar refractivity (Wildman–Crippen MR) is 106 cm³/mol. The lowest BCUT2D eigenvalue weighted by Gasteiger charge is -2.33. The van der Waals surface area contributed by atoms with Crippen molar-refractivity contribution in [2.24, 2.45) is 0 Å². The Bertz CT molecular complexity index is 895. The van der Waals surface area contributed by atoms with Gasteiger partial charge in [-0.1, -0.05) is 6.07 Å². The van der Waals surface area contributed by atoms with E-state index in [-0.39, 0.29) is 23.2 Å². The van der Waals surface area contributed by atoms with Gasteiger partial charge in [-0.05, 0) is 61.9 Å². The average Bonchev–Trinajstić information content (AvgIpc) is 2.65. The maximum Gasteiger partial charge on any atom is 0.240 e. The van der Waals surface area contributed by atoms with E-state index in [2.05, 4.69) is 10.0 Å². The highest BCUT2D eigenvalue weighted by molar-refractivity contribution is 7.89. The molecule has 2 aromatic carbocycles. The molecule has 1 heterocycles. The van der Waals surface area contributed by atoms with E-state index in [1.54, 1.807) is 12.1 Å². The zero-order valence-electron chi connectivity index (χ0n) is 15.3. The maximum atomic E-state index is 13.6. The van der Waals surface area contributed by atoms with E-state index >= 15 is 0 Å². The van der Waals surface area contributed by atoms with Crippen LogP contribution in [0.5, 0.6) is 5.75 Å². The van der Waals surface area contributed by atoms with Crippen LogP contribution in [0.4, 0.5) is 8.78 Å². The summed E-state index contributed by atoms with van der Waals surface area (Å²) in [6, 6.07) is 9.42. The Hall–Kier alpha value is -1.74. The summed E-state index contributed by atoms with van der Waals surface area (Å²) in [4.78, 5) is 0.126. The van der Waals surface area contributed by atoms with Crippen LogP contribution >= 0.6 is 12.4 Å². The number of ether oxygens (including phenoxy) is 1. The number of halogens is 3. The van der Waals surface area contributed by atoms with Crippen LogP contribution in [0.3, 0.4) is 0 Å². The lowest BCUT2D eigenvalue weighted by Crippen LogP contribution is -2.49. The Kier molecular flexibility index (Phi) is 7.77.